The van der Waals surface area contributed by atoms with Gasteiger partial charge in [0.1, 0.15) is 5.75 Å². The van der Waals surface area contributed by atoms with Crippen LogP contribution in [0.3, 0.4) is 0 Å². The molecule has 0 bridgehead atoms. The molecule has 1 aliphatic carbocycles. The molecule has 7 heteroatoms. The largest absolute Gasteiger partial charge is 0.434 e. The first-order valence-electron chi connectivity index (χ1n) is 7.15. The minimum Gasteiger partial charge on any atom is -0.434 e. The van der Waals surface area contributed by atoms with Gasteiger partial charge in [-0.25, -0.2) is 0 Å². The normalized spacial score (nSPS) is 26.7. The SMILES string of the molecule is Cl.NC1CCC2CN(C(=O)c3ccccc3OC(F)F)CC12. The summed E-state index contributed by atoms with van der Waals surface area (Å²) in [5.74, 6) is 0.441. The van der Waals surface area contributed by atoms with Crippen molar-refractivity contribution in [1.82, 2.24) is 4.90 Å². The number of carbonyl (C=O) groups is 1. The molecule has 2 N–H and O–H groups in total. The van der Waals surface area contributed by atoms with Crippen LogP contribution in [0.5, 0.6) is 5.75 Å². The Morgan fingerprint density at radius 2 is 2.00 bits per heavy atom. The monoisotopic (exact) mass is 332 g/mol. The van der Waals surface area contributed by atoms with Gasteiger partial charge >= 0.3 is 6.61 Å². The van der Waals surface area contributed by atoms with Crippen LogP contribution in [0.4, 0.5) is 8.78 Å². The number of hydrogen-bond donors (Lipinski definition) is 1. The molecule has 22 heavy (non-hydrogen) atoms. The van der Waals surface area contributed by atoms with Gasteiger partial charge in [0.15, 0.2) is 0 Å². The van der Waals surface area contributed by atoms with E-state index in [1.54, 1.807) is 17.0 Å². The third-order valence-corrected chi connectivity index (χ3v) is 4.53. The van der Waals surface area contributed by atoms with Crippen LogP contribution < -0.4 is 10.5 Å². The highest BCUT2D eigenvalue weighted by molar-refractivity contribution is 5.97. The Balaban J connectivity index is 0.00000176. The second-order valence-corrected chi connectivity index (χ2v) is 5.75. The van der Waals surface area contributed by atoms with Crippen LogP contribution in [0.25, 0.3) is 0 Å². The predicted octanol–water partition coefficient (Wildman–Crippen LogP) is 2.52. The van der Waals surface area contributed by atoms with E-state index < -0.39 is 6.61 Å². The lowest BCUT2D eigenvalue weighted by Crippen LogP contribution is -2.33. The van der Waals surface area contributed by atoms with Crippen LogP contribution in [0.2, 0.25) is 0 Å². The summed E-state index contributed by atoms with van der Waals surface area (Å²) in [6.07, 6.45) is 2.03. The van der Waals surface area contributed by atoms with E-state index in [-0.39, 0.29) is 35.7 Å². The smallest absolute Gasteiger partial charge is 0.387 e. The molecule has 0 radical (unpaired) electrons. The van der Waals surface area contributed by atoms with Gasteiger partial charge in [-0.2, -0.15) is 8.78 Å². The molecule has 2 aliphatic rings. The molecule has 3 atom stereocenters. The zero-order valence-electron chi connectivity index (χ0n) is 12.0. The molecule has 0 spiro atoms. The highest BCUT2D eigenvalue weighted by atomic mass is 35.5. The van der Waals surface area contributed by atoms with E-state index in [1.807, 2.05) is 0 Å². The first-order chi connectivity index (χ1) is 10.1. The van der Waals surface area contributed by atoms with E-state index in [4.69, 9.17) is 5.73 Å². The number of carbonyl (C=O) groups excluding carboxylic acids is 1. The summed E-state index contributed by atoms with van der Waals surface area (Å²) >= 11 is 0. The number of nitrogens with two attached hydrogens (primary N) is 1. The van der Waals surface area contributed by atoms with Crippen molar-refractivity contribution in [2.45, 2.75) is 25.5 Å². The minimum absolute atomic E-state index is 0. The Labute approximate surface area is 134 Å². The number of benzene rings is 1. The number of para-hydroxylation sites is 1. The van der Waals surface area contributed by atoms with Crippen molar-refractivity contribution < 1.29 is 18.3 Å². The van der Waals surface area contributed by atoms with Crippen molar-refractivity contribution in [3.8, 4) is 5.75 Å². The van der Waals surface area contributed by atoms with Crippen molar-refractivity contribution >= 4 is 18.3 Å². The van der Waals surface area contributed by atoms with Crippen LogP contribution >= 0.6 is 12.4 Å². The lowest BCUT2D eigenvalue weighted by atomic mass is 9.98. The minimum atomic E-state index is -2.94. The van der Waals surface area contributed by atoms with Crippen LogP contribution in [-0.4, -0.2) is 36.5 Å². The molecule has 1 saturated heterocycles. The Kier molecular flexibility index (Phi) is 5.24. The topological polar surface area (TPSA) is 55.6 Å². The number of halogens is 3. The summed E-state index contributed by atoms with van der Waals surface area (Å²) in [4.78, 5) is 14.3. The van der Waals surface area contributed by atoms with E-state index in [1.165, 1.54) is 12.1 Å². The van der Waals surface area contributed by atoms with Crippen LogP contribution in [0.15, 0.2) is 24.3 Å². The molecule has 1 amide bonds. The lowest BCUT2D eigenvalue weighted by molar-refractivity contribution is -0.0502. The molecular weight excluding hydrogens is 314 g/mol. The van der Waals surface area contributed by atoms with Gasteiger partial charge in [0.05, 0.1) is 5.56 Å². The average Bonchev–Trinajstić information content (AvgIpc) is 3.01. The molecule has 1 aromatic carbocycles. The number of rotatable bonds is 3. The average molecular weight is 333 g/mol. The summed E-state index contributed by atoms with van der Waals surface area (Å²) in [5, 5.41) is 0. The van der Waals surface area contributed by atoms with E-state index in [0.29, 0.717) is 24.9 Å². The number of amides is 1. The fourth-order valence-corrected chi connectivity index (χ4v) is 3.49. The van der Waals surface area contributed by atoms with Crippen LogP contribution in [0, 0.1) is 11.8 Å². The van der Waals surface area contributed by atoms with E-state index >= 15 is 0 Å². The third kappa shape index (κ3) is 3.17. The van der Waals surface area contributed by atoms with Crippen molar-refractivity contribution in [2.24, 2.45) is 17.6 Å². The summed E-state index contributed by atoms with van der Waals surface area (Å²) in [5.41, 5.74) is 6.24. The Hall–Kier alpha value is -1.40. The quantitative estimate of drug-likeness (QED) is 0.925. The molecule has 122 valence electrons. The Morgan fingerprint density at radius 3 is 2.68 bits per heavy atom. The number of ether oxygens (including phenoxy) is 1. The summed E-state index contributed by atoms with van der Waals surface area (Å²) in [6, 6.07) is 6.27. The summed E-state index contributed by atoms with van der Waals surface area (Å²) in [7, 11) is 0. The van der Waals surface area contributed by atoms with Gasteiger partial charge in [0, 0.05) is 19.1 Å². The van der Waals surface area contributed by atoms with Crippen molar-refractivity contribution in [2.75, 3.05) is 13.1 Å². The fourth-order valence-electron chi connectivity index (χ4n) is 3.49. The number of hydrogen-bond acceptors (Lipinski definition) is 3. The number of alkyl halides is 2. The second-order valence-electron chi connectivity index (χ2n) is 5.75. The van der Waals surface area contributed by atoms with Gasteiger partial charge in [-0.3, -0.25) is 4.79 Å². The molecule has 1 heterocycles. The molecule has 3 rings (SSSR count). The molecule has 1 aliphatic heterocycles. The highest BCUT2D eigenvalue weighted by Crippen LogP contribution is 2.38. The molecule has 2 fully saturated rings. The standard InChI is InChI=1S/C15H18F2N2O2.ClH/c16-15(17)21-13-4-2-1-3-10(13)14(20)19-7-9-5-6-12(18)11(9)8-19;/h1-4,9,11-12,15H,5-8,18H2;1H. The van der Waals surface area contributed by atoms with Crippen molar-refractivity contribution in [3.05, 3.63) is 29.8 Å². The van der Waals surface area contributed by atoms with Crippen molar-refractivity contribution in [3.63, 3.8) is 0 Å². The van der Waals surface area contributed by atoms with Gasteiger partial charge in [0.2, 0.25) is 0 Å². The Morgan fingerprint density at radius 1 is 1.27 bits per heavy atom. The second kappa shape index (κ2) is 6.79. The maximum absolute atomic E-state index is 12.5. The van der Waals surface area contributed by atoms with E-state index in [2.05, 4.69) is 4.74 Å². The molecule has 1 aromatic rings. The van der Waals surface area contributed by atoms with E-state index in [0.717, 1.165) is 12.8 Å². The zero-order valence-corrected chi connectivity index (χ0v) is 12.8. The first-order valence-corrected chi connectivity index (χ1v) is 7.15. The number of nitrogens with zero attached hydrogens (tertiary/aromatic N) is 1. The van der Waals surface area contributed by atoms with Gasteiger partial charge in [0.25, 0.3) is 5.91 Å². The molecule has 4 nitrogen and oxygen atoms in total. The maximum Gasteiger partial charge on any atom is 0.387 e. The summed E-state index contributed by atoms with van der Waals surface area (Å²) in [6.45, 7) is -1.68. The maximum atomic E-state index is 12.5. The van der Waals surface area contributed by atoms with E-state index in [9.17, 15) is 13.6 Å². The fraction of sp³-hybridized carbons (Fsp3) is 0.533. The van der Waals surface area contributed by atoms with Crippen molar-refractivity contribution in [1.29, 1.82) is 0 Å². The van der Waals surface area contributed by atoms with Gasteiger partial charge in [-0.1, -0.05) is 12.1 Å². The third-order valence-electron chi connectivity index (χ3n) is 4.53. The highest BCUT2D eigenvalue weighted by Gasteiger charge is 2.42. The summed E-state index contributed by atoms with van der Waals surface area (Å²) < 4.78 is 29.3. The van der Waals surface area contributed by atoms with Gasteiger partial charge in [-0.05, 0) is 36.8 Å². The number of fused-ring (bicyclic) bond motifs is 1. The van der Waals surface area contributed by atoms with Crippen LogP contribution in [0.1, 0.15) is 23.2 Å². The number of likely N-dealkylation sites (tertiary alicyclic amines) is 1. The lowest BCUT2D eigenvalue weighted by Gasteiger charge is -2.20. The predicted molar refractivity (Wildman–Crippen MR) is 80.4 cm³/mol. The molecule has 0 aromatic heterocycles. The van der Waals surface area contributed by atoms with Gasteiger partial charge in [-0.15, -0.1) is 12.4 Å². The molecule has 3 unspecified atom stereocenters. The Bertz CT molecular complexity index is 544. The molecule has 1 saturated carbocycles. The van der Waals surface area contributed by atoms with Gasteiger partial charge < -0.3 is 15.4 Å². The van der Waals surface area contributed by atoms with Crippen LogP contribution in [-0.2, 0) is 0 Å². The first kappa shape index (κ1) is 17.0. The molecular formula is C15H19ClF2N2O2. The zero-order chi connectivity index (χ0) is 15.0.